The molecule has 8 amide bonds. The van der Waals surface area contributed by atoms with E-state index in [2.05, 4.69) is 52.2 Å². The van der Waals surface area contributed by atoms with Crippen LogP contribution in [0.1, 0.15) is 70.7 Å². The Morgan fingerprint density at radius 1 is 0.613 bits per heavy atom. The van der Waals surface area contributed by atoms with Crippen LogP contribution in [-0.2, 0) is 57.6 Å². The van der Waals surface area contributed by atoms with Crippen LogP contribution in [0.3, 0.4) is 0 Å². The Kier molecular flexibility index (Phi) is 17.7. The van der Waals surface area contributed by atoms with Crippen LogP contribution in [0.2, 0.25) is 0 Å². The summed E-state index contributed by atoms with van der Waals surface area (Å²) in [5.41, 5.74) is 8.41. The van der Waals surface area contributed by atoms with Crippen molar-refractivity contribution in [3.05, 3.63) is 90.1 Å². The van der Waals surface area contributed by atoms with E-state index >= 15 is 0 Å². The predicted octanol–water partition coefficient (Wildman–Crippen LogP) is 0.0676. The zero-order valence-corrected chi connectivity index (χ0v) is 35.5. The first-order chi connectivity index (χ1) is 29.6. The van der Waals surface area contributed by atoms with Gasteiger partial charge in [-0.25, -0.2) is 4.98 Å². The summed E-state index contributed by atoms with van der Waals surface area (Å²) in [7, 11) is 0. The number of nitrogens with zero attached hydrogens (tertiary/aromatic N) is 1. The van der Waals surface area contributed by atoms with E-state index in [1.807, 2.05) is 31.2 Å². The molecular formula is C43H57N11O8. The number of para-hydroxylation sites is 1. The van der Waals surface area contributed by atoms with E-state index in [0.29, 0.717) is 24.1 Å². The smallest absolute Gasteiger partial charge is 0.243 e. The van der Waals surface area contributed by atoms with Crippen molar-refractivity contribution >= 4 is 58.2 Å². The molecule has 62 heavy (non-hydrogen) atoms. The molecule has 0 aliphatic carbocycles. The second-order valence-corrected chi connectivity index (χ2v) is 15.2. The summed E-state index contributed by atoms with van der Waals surface area (Å²) in [6, 6.07) is 8.35. The molecule has 2 heterocycles. The number of aromatic nitrogens is 3. The van der Waals surface area contributed by atoms with E-state index in [0.717, 1.165) is 22.9 Å². The molecule has 0 aliphatic heterocycles. The van der Waals surface area contributed by atoms with Crippen LogP contribution in [-0.4, -0.2) is 105 Å². The molecule has 0 saturated carbocycles. The molecule has 0 saturated heterocycles. The van der Waals surface area contributed by atoms with Gasteiger partial charge in [0.25, 0.3) is 0 Å². The molecule has 332 valence electrons. The Hall–Kier alpha value is -7.05. The van der Waals surface area contributed by atoms with E-state index in [1.54, 1.807) is 36.5 Å². The predicted molar refractivity (Wildman–Crippen MR) is 229 cm³/mol. The number of unbranched alkanes of at least 4 members (excludes halogenated alkanes) is 1. The van der Waals surface area contributed by atoms with Crippen LogP contribution in [0.15, 0.2) is 73.3 Å². The number of carbonyl (C=O) groups excluding carboxylic acids is 8. The van der Waals surface area contributed by atoms with Gasteiger partial charge in [-0.1, -0.05) is 68.3 Å². The van der Waals surface area contributed by atoms with Crippen LogP contribution in [0, 0.1) is 0 Å². The standard InChI is InChI=1S/C43H57N11O8/c1-6-7-16-33(51-27(5)55)41(60)49-26(4)40(59)53-36(20-30-22-45-23-47-30)43(62)54-35(18-28-13-9-8-10-14-28)42(61)50-24(2)38(57)48-25(3)39(58)52-34(37(44)56)19-29-21-46-32-17-12-11-15-31(29)32/h8-15,17,21-26,33-36,46H,6-7,16,18-20H2,1-5H3,(H2,44,56)(H,45,47)(H,48,57)(H,49,60)(H,50,61)(H,51,55)(H,52,58)(H,53,59)(H,54,62). The number of H-pyrrole nitrogens is 2. The van der Waals surface area contributed by atoms with Gasteiger partial charge in [-0.2, -0.15) is 0 Å². The number of amides is 8. The van der Waals surface area contributed by atoms with Crippen molar-refractivity contribution in [2.24, 2.45) is 5.73 Å². The van der Waals surface area contributed by atoms with E-state index in [1.165, 1.54) is 40.2 Å². The van der Waals surface area contributed by atoms with Gasteiger partial charge in [0.05, 0.1) is 6.33 Å². The Labute approximate surface area is 359 Å². The molecule has 2 aromatic heterocycles. The number of rotatable bonds is 23. The summed E-state index contributed by atoms with van der Waals surface area (Å²) in [6.45, 7) is 7.49. The second-order valence-electron chi connectivity index (χ2n) is 15.2. The third kappa shape index (κ3) is 14.3. The van der Waals surface area contributed by atoms with E-state index in [9.17, 15) is 38.4 Å². The highest BCUT2D eigenvalue weighted by Gasteiger charge is 2.32. The van der Waals surface area contributed by atoms with Crippen LogP contribution < -0.4 is 43.0 Å². The first-order valence-corrected chi connectivity index (χ1v) is 20.5. The number of carbonyl (C=O) groups is 8. The van der Waals surface area contributed by atoms with Crippen molar-refractivity contribution in [2.75, 3.05) is 0 Å². The van der Waals surface area contributed by atoms with Gasteiger partial charge in [0, 0.05) is 55.2 Å². The molecule has 19 heteroatoms. The minimum atomic E-state index is -1.26. The summed E-state index contributed by atoms with van der Waals surface area (Å²) in [5.74, 6) is -5.33. The number of nitrogens with one attached hydrogen (secondary N) is 9. The maximum atomic E-state index is 14.0. The lowest BCUT2D eigenvalue weighted by Gasteiger charge is -2.26. The number of imidazole rings is 1. The summed E-state index contributed by atoms with van der Waals surface area (Å²) in [5, 5.41) is 19.2. The highest BCUT2D eigenvalue weighted by atomic mass is 16.2. The maximum absolute atomic E-state index is 14.0. The number of hydrogen-bond acceptors (Lipinski definition) is 9. The lowest BCUT2D eigenvalue weighted by molar-refractivity contribution is -0.135. The largest absolute Gasteiger partial charge is 0.368 e. The molecule has 0 radical (unpaired) electrons. The Morgan fingerprint density at radius 2 is 1.15 bits per heavy atom. The molecule has 19 nitrogen and oxygen atoms in total. The zero-order chi connectivity index (χ0) is 45.3. The van der Waals surface area contributed by atoms with Crippen molar-refractivity contribution in [1.82, 2.24) is 52.2 Å². The van der Waals surface area contributed by atoms with Gasteiger partial charge in [-0.3, -0.25) is 38.4 Å². The molecule has 0 aliphatic rings. The fourth-order valence-corrected chi connectivity index (χ4v) is 6.58. The van der Waals surface area contributed by atoms with Gasteiger partial charge in [-0.15, -0.1) is 0 Å². The van der Waals surface area contributed by atoms with Gasteiger partial charge < -0.3 is 52.9 Å². The summed E-state index contributed by atoms with van der Waals surface area (Å²) < 4.78 is 0. The number of primary amides is 1. The number of aromatic amines is 2. The maximum Gasteiger partial charge on any atom is 0.243 e. The van der Waals surface area contributed by atoms with E-state index < -0.39 is 89.6 Å². The summed E-state index contributed by atoms with van der Waals surface area (Å²) in [4.78, 5) is 115. The van der Waals surface area contributed by atoms with E-state index in [4.69, 9.17) is 5.73 Å². The van der Waals surface area contributed by atoms with Crippen LogP contribution in [0.25, 0.3) is 10.9 Å². The zero-order valence-electron chi connectivity index (χ0n) is 35.5. The fraction of sp³-hybridized carbons (Fsp3) is 0.419. The summed E-state index contributed by atoms with van der Waals surface area (Å²) in [6.07, 6.45) is 6.44. The third-order valence-electron chi connectivity index (χ3n) is 10.1. The minimum Gasteiger partial charge on any atom is -0.368 e. The number of hydrogen-bond donors (Lipinski definition) is 10. The molecule has 11 N–H and O–H groups in total. The number of nitrogens with two attached hydrogens (primary N) is 1. The number of benzene rings is 2. The second kappa shape index (κ2) is 23.1. The lowest BCUT2D eigenvalue weighted by atomic mass is 10.0. The quantitative estimate of drug-likeness (QED) is 0.0482. The van der Waals surface area contributed by atoms with Gasteiger partial charge in [0.2, 0.25) is 47.3 Å². The summed E-state index contributed by atoms with van der Waals surface area (Å²) >= 11 is 0. The highest BCUT2D eigenvalue weighted by Crippen LogP contribution is 2.19. The minimum absolute atomic E-state index is 0.00399. The lowest BCUT2D eigenvalue weighted by Crippen LogP contribution is -2.60. The first-order valence-electron chi connectivity index (χ1n) is 20.5. The molecule has 7 unspecified atom stereocenters. The average molecular weight is 856 g/mol. The van der Waals surface area contributed by atoms with Gasteiger partial charge in [0.15, 0.2) is 0 Å². The average Bonchev–Trinajstić information content (AvgIpc) is 3.91. The third-order valence-corrected chi connectivity index (χ3v) is 10.1. The van der Waals surface area contributed by atoms with Crippen molar-refractivity contribution in [2.45, 2.75) is 115 Å². The van der Waals surface area contributed by atoms with Crippen molar-refractivity contribution in [1.29, 1.82) is 0 Å². The highest BCUT2D eigenvalue weighted by molar-refractivity contribution is 5.97. The monoisotopic (exact) mass is 855 g/mol. The van der Waals surface area contributed by atoms with Gasteiger partial charge >= 0.3 is 0 Å². The molecular weight excluding hydrogens is 799 g/mol. The molecule has 4 rings (SSSR count). The molecule has 7 atom stereocenters. The van der Waals surface area contributed by atoms with E-state index in [-0.39, 0.29) is 19.3 Å². The van der Waals surface area contributed by atoms with Crippen molar-refractivity contribution < 1.29 is 38.4 Å². The van der Waals surface area contributed by atoms with Crippen molar-refractivity contribution in [3.8, 4) is 0 Å². The van der Waals surface area contributed by atoms with Crippen LogP contribution in [0.4, 0.5) is 0 Å². The normalized spacial score (nSPS) is 14.4. The number of fused-ring (bicyclic) bond motifs is 1. The van der Waals surface area contributed by atoms with Crippen LogP contribution >= 0.6 is 0 Å². The Bertz CT molecular complexity index is 2180. The molecule has 2 aromatic carbocycles. The van der Waals surface area contributed by atoms with Gasteiger partial charge in [-0.05, 0) is 44.4 Å². The molecule has 0 bridgehead atoms. The fourth-order valence-electron chi connectivity index (χ4n) is 6.58. The van der Waals surface area contributed by atoms with Gasteiger partial charge in [0.1, 0.15) is 42.3 Å². The SMILES string of the molecule is CCCCC(NC(C)=O)C(=O)NC(C)C(=O)NC(Cc1cnc[nH]1)C(=O)NC(Cc1ccccc1)C(=O)NC(C)C(=O)NC(C)C(=O)NC(Cc1c[nH]c2ccccc12)C(N)=O. The Morgan fingerprint density at radius 3 is 1.74 bits per heavy atom. The topological polar surface area (TPSA) is 291 Å². The molecule has 0 spiro atoms. The molecule has 0 fully saturated rings. The van der Waals surface area contributed by atoms with Crippen LogP contribution in [0.5, 0.6) is 0 Å². The Balaban J connectivity index is 1.42. The molecule has 4 aromatic rings. The van der Waals surface area contributed by atoms with Crippen molar-refractivity contribution in [3.63, 3.8) is 0 Å². The first kappa shape index (κ1) is 47.6.